The van der Waals surface area contributed by atoms with Crippen molar-refractivity contribution in [2.45, 2.75) is 19.5 Å². The van der Waals surface area contributed by atoms with Crippen LogP contribution < -0.4 is 5.32 Å². The van der Waals surface area contributed by atoms with Crippen LogP contribution in [0.3, 0.4) is 0 Å². The van der Waals surface area contributed by atoms with E-state index >= 15 is 0 Å². The lowest BCUT2D eigenvalue weighted by molar-refractivity contribution is -0.121. The van der Waals surface area contributed by atoms with Gasteiger partial charge >= 0.3 is 0 Å². The summed E-state index contributed by atoms with van der Waals surface area (Å²) in [5.41, 5.74) is 3.24. The predicted octanol–water partition coefficient (Wildman–Crippen LogP) is 5.39. The molecule has 4 rings (SSSR count). The number of fused-ring (bicyclic) bond motifs is 1. The molecule has 4 aromatic rings. The Labute approximate surface area is 183 Å². The molecule has 0 saturated heterocycles. The highest BCUT2D eigenvalue weighted by Crippen LogP contribution is 2.28. The lowest BCUT2D eigenvalue weighted by atomic mass is 10.1. The summed E-state index contributed by atoms with van der Waals surface area (Å²) in [6.07, 6.45) is 0.401. The first-order valence-electron chi connectivity index (χ1n) is 9.39. The molecule has 0 saturated carbocycles. The molecule has 0 bridgehead atoms. The Balaban J connectivity index is 1.58. The van der Waals surface area contributed by atoms with Gasteiger partial charge < -0.3 is 9.88 Å². The van der Waals surface area contributed by atoms with E-state index in [2.05, 4.69) is 5.32 Å². The molecule has 0 spiro atoms. The zero-order valence-corrected chi connectivity index (χ0v) is 17.4. The number of carbonyl (C=O) groups excluding carboxylic acids is 1. The monoisotopic (exact) mass is 441 g/mol. The summed E-state index contributed by atoms with van der Waals surface area (Å²) in [6, 6.07) is 19.0. The second kappa shape index (κ2) is 8.86. The van der Waals surface area contributed by atoms with Crippen molar-refractivity contribution < 1.29 is 9.18 Å². The molecular weight excluding hydrogens is 424 g/mol. The molecule has 3 aromatic carbocycles. The number of aromatic nitrogens is 2. The highest BCUT2D eigenvalue weighted by atomic mass is 35.5. The predicted molar refractivity (Wildman–Crippen MR) is 117 cm³/mol. The largest absolute Gasteiger partial charge is 0.350 e. The van der Waals surface area contributed by atoms with Crippen LogP contribution in [-0.4, -0.2) is 15.5 Å². The van der Waals surface area contributed by atoms with Gasteiger partial charge in [-0.15, -0.1) is 0 Å². The first kappa shape index (κ1) is 20.4. The first-order chi connectivity index (χ1) is 14.5. The van der Waals surface area contributed by atoms with E-state index in [0.29, 0.717) is 28.8 Å². The minimum absolute atomic E-state index is 0.0963. The topological polar surface area (TPSA) is 46.9 Å². The van der Waals surface area contributed by atoms with Gasteiger partial charge in [0.05, 0.1) is 11.0 Å². The van der Waals surface area contributed by atoms with Gasteiger partial charge in [0, 0.05) is 23.0 Å². The number of para-hydroxylation sites is 2. The third-order valence-corrected chi connectivity index (χ3v) is 5.54. The normalized spacial score (nSPS) is 11.0. The van der Waals surface area contributed by atoms with Crippen molar-refractivity contribution in [1.29, 1.82) is 0 Å². The molecular formula is C23H18Cl2FN3O. The van der Waals surface area contributed by atoms with E-state index in [1.54, 1.807) is 30.3 Å². The van der Waals surface area contributed by atoms with Crippen molar-refractivity contribution in [3.8, 4) is 0 Å². The van der Waals surface area contributed by atoms with Gasteiger partial charge in [-0.2, -0.15) is 0 Å². The molecule has 1 aromatic heterocycles. The summed E-state index contributed by atoms with van der Waals surface area (Å²) in [7, 11) is 0. The van der Waals surface area contributed by atoms with Crippen LogP contribution in [0.5, 0.6) is 0 Å². The number of hydrogen-bond donors (Lipinski definition) is 1. The molecule has 30 heavy (non-hydrogen) atoms. The summed E-state index contributed by atoms with van der Waals surface area (Å²) >= 11 is 12.7. The quantitative estimate of drug-likeness (QED) is 0.435. The van der Waals surface area contributed by atoms with Gasteiger partial charge in [-0.05, 0) is 47.5 Å². The Bertz CT molecular complexity index is 1180. The number of nitrogens with one attached hydrogen (secondary N) is 1. The number of amides is 1. The van der Waals surface area contributed by atoms with Gasteiger partial charge in [0.15, 0.2) is 0 Å². The number of hydrogen-bond acceptors (Lipinski definition) is 2. The van der Waals surface area contributed by atoms with Crippen LogP contribution >= 0.6 is 23.2 Å². The zero-order chi connectivity index (χ0) is 21.1. The maximum absolute atomic E-state index is 13.0. The van der Waals surface area contributed by atoms with Crippen LogP contribution in [0.15, 0.2) is 66.7 Å². The molecule has 152 valence electrons. The number of benzene rings is 3. The van der Waals surface area contributed by atoms with Gasteiger partial charge in [0.25, 0.3) is 0 Å². The van der Waals surface area contributed by atoms with Gasteiger partial charge in [-0.3, -0.25) is 4.79 Å². The molecule has 0 aliphatic rings. The molecule has 0 aliphatic heterocycles. The second-order valence-corrected chi connectivity index (χ2v) is 7.70. The number of carbonyl (C=O) groups is 1. The fraction of sp³-hybridized carbons (Fsp3) is 0.130. The van der Waals surface area contributed by atoms with Gasteiger partial charge in [-0.1, -0.05) is 53.5 Å². The Kier molecular flexibility index (Phi) is 6.02. The fourth-order valence-electron chi connectivity index (χ4n) is 3.30. The maximum Gasteiger partial charge on any atom is 0.240 e. The average Bonchev–Trinajstić information content (AvgIpc) is 3.07. The minimum atomic E-state index is -0.308. The van der Waals surface area contributed by atoms with Crippen LogP contribution in [0.2, 0.25) is 10.0 Å². The van der Waals surface area contributed by atoms with E-state index in [1.807, 2.05) is 28.8 Å². The molecule has 0 atom stereocenters. The van der Waals surface area contributed by atoms with Crippen molar-refractivity contribution in [2.24, 2.45) is 0 Å². The lowest BCUT2D eigenvalue weighted by Gasteiger charge is -2.12. The molecule has 1 amide bonds. The van der Waals surface area contributed by atoms with Gasteiger partial charge in [0.2, 0.25) is 5.91 Å². The number of halogens is 3. The molecule has 1 N–H and O–H groups in total. The van der Waals surface area contributed by atoms with Crippen molar-refractivity contribution in [1.82, 2.24) is 14.9 Å². The third-order valence-electron chi connectivity index (χ3n) is 4.83. The van der Waals surface area contributed by atoms with Crippen LogP contribution in [0.4, 0.5) is 4.39 Å². The molecule has 0 fully saturated rings. The fourth-order valence-corrected chi connectivity index (χ4v) is 3.83. The summed E-state index contributed by atoms with van der Waals surface area (Å²) < 4.78 is 14.9. The molecule has 0 aliphatic carbocycles. The van der Waals surface area contributed by atoms with Crippen molar-refractivity contribution in [2.75, 3.05) is 0 Å². The minimum Gasteiger partial charge on any atom is -0.350 e. The number of rotatable bonds is 6. The smallest absolute Gasteiger partial charge is 0.240 e. The van der Waals surface area contributed by atoms with Crippen LogP contribution in [0, 0.1) is 5.82 Å². The average molecular weight is 442 g/mol. The summed E-state index contributed by atoms with van der Waals surface area (Å²) in [6.45, 7) is 0.413. The van der Waals surface area contributed by atoms with E-state index in [4.69, 9.17) is 28.2 Å². The van der Waals surface area contributed by atoms with Crippen molar-refractivity contribution >= 4 is 40.1 Å². The third kappa shape index (κ3) is 4.48. The summed E-state index contributed by atoms with van der Waals surface area (Å²) in [4.78, 5) is 17.3. The zero-order valence-electron chi connectivity index (χ0n) is 15.9. The highest BCUT2D eigenvalue weighted by molar-refractivity contribution is 6.36. The Morgan fingerprint density at radius 1 is 0.967 bits per heavy atom. The Morgan fingerprint density at radius 2 is 1.67 bits per heavy atom. The van der Waals surface area contributed by atoms with Crippen LogP contribution in [-0.2, 0) is 24.3 Å². The Morgan fingerprint density at radius 3 is 2.40 bits per heavy atom. The van der Waals surface area contributed by atoms with E-state index < -0.39 is 0 Å². The van der Waals surface area contributed by atoms with Crippen molar-refractivity contribution in [3.63, 3.8) is 0 Å². The lowest BCUT2D eigenvalue weighted by Crippen LogP contribution is -2.27. The second-order valence-electron chi connectivity index (χ2n) is 6.88. The van der Waals surface area contributed by atoms with E-state index in [0.717, 1.165) is 22.2 Å². The van der Waals surface area contributed by atoms with Gasteiger partial charge in [-0.25, -0.2) is 9.37 Å². The SMILES string of the molecule is O=C(Cn1c(Cc2c(Cl)cccc2Cl)nc2ccccc21)NCc1ccc(F)cc1. The highest BCUT2D eigenvalue weighted by Gasteiger charge is 2.16. The molecule has 0 unspecified atom stereocenters. The standard InChI is InChI=1S/C23H18Cl2FN3O/c24-18-4-3-5-19(25)17(18)12-22-28-20-6-1-2-7-21(20)29(22)14-23(30)27-13-15-8-10-16(26)11-9-15/h1-11H,12-14H2,(H,27,30). The maximum atomic E-state index is 13.0. The summed E-state index contributed by atoms with van der Waals surface area (Å²) in [5.74, 6) is 0.218. The van der Waals surface area contributed by atoms with Gasteiger partial charge in [0.1, 0.15) is 18.2 Å². The van der Waals surface area contributed by atoms with Crippen molar-refractivity contribution in [3.05, 3.63) is 99.5 Å². The van der Waals surface area contributed by atoms with Crippen LogP contribution in [0.25, 0.3) is 11.0 Å². The number of imidazole rings is 1. The van der Waals surface area contributed by atoms with E-state index in [9.17, 15) is 9.18 Å². The van der Waals surface area contributed by atoms with E-state index in [1.165, 1.54) is 12.1 Å². The van der Waals surface area contributed by atoms with E-state index in [-0.39, 0.29) is 18.3 Å². The molecule has 0 radical (unpaired) electrons. The molecule has 1 heterocycles. The Hall–Kier alpha value is -2.89. The summed E-state index contributed by atoms with van der Waals surface area (Å²) in [5, 5.41) is 3.99. The number of nitrogens with zero attached hydrogens (tertiary/aromatic N) is 2. The molecule has 7 heteroatoms. The molecule has 4 nitrogen and oxygen atoms in total. The van der Waals surface area contributed by atoms with Crippen LogP contribution in [0.1, 0.15) is 17.0 Å². The first-order valence-corrected chi connectivity index (χ1v) is 10.1.